The zero-order valence-corrected chi connectivity index (χ0v) is 19.2. The van der Waals surface area contributed by atoms with Crippen LogP contribution in [0.4, 0.5) is 9.59 Å². The molecule has 0 saturated heterocycles. The van der Waals surface area contributed by atoms with Crippen LogP contribution in [0.1, 0.15) is 80.6 Å². The van der Waals surface area contributed by atoms with E-state index in [0.29, 0.717) is 32.7 Å². The molecule has 0 fully saturated rings. The number of ether oxygens (including phenoxy) is 2. The minimum atomic E-state index is -0.522. The van der Waals surface area contributed by atoms with E-state index in [1.165, 1.54) is 0 Å². The maximum Gasteiger partial charge on any atom is 0.410 e. The lowest BCUT2D eigenvalue weighted by Gasteiger charge is -2.29. The summed E-state index contributed by atoms with van der Waals surface area (Å²) in [5.41, 5.74) is 4.57. The van der Waals surface area contributed by atoms with E-state index in [2.05, 4.69) is 6.92 Å². The average Bonchev–Trinajstić information content (AvgIpc) is 2.53. The molecule has 0 radical (unpaired) electrons. The number of amides is 2. The van der Waals surface area contributed by atoms with Crippen LogP contribution in [0.5, 0.6) is 0 Å². The minimum Gasteiger partial charge on any atom is -0.444 e. The molecule has 2 amide bonds. The molecule has 28 heavy (non-hydrogen) atoms. The summed E-state index contributed by atoms with van der Waals surface area (Å²) in [4.78, 5) is 28.3. The van der Waals surface area contributed by atoms with Gasteiger partial charge >= 0.3 is 12.2 Å². The van der Waals surface area contributed by atoms with E-state index < -0.39 is 11.2 Å². The third-order valence-electron chi connectivity index (χ3n) is 3.82. The van der Waals surface area contributed by atoms with Crippen molar-refractivity contribution in [1.82, 2.24) is 9.80 Å². The predicted molar refractivity (Wildman–Crippen MR) is 113 cm³/mol. The molecule has 166 valence electrons. The van der Waals surface area contributed by atoms with Gasteiger partial charge in [0.1, 0.15) is 11.2 Å². The number of hydrogen-bond acceptors (Lipinski definition) is 5. The second-order valence-electron chi connectivity index (χ2n) is 9.14. The number of hydrogen-bond donors (Lipinski definition) is 1. The maximum absolute atomic E-state index is 12.4. The Morgan fingerprint density at radius 3 is 1.39 bits per heavy atom. The van der Waals surface area contributed by atoms with Gasteiger partial charge < -0.3 is 25.0 Å². The number of unbranched alkanes of at least 4 members (excludes halogenated alkanes) is 2. The molecule has 0 aliphatic rings. The molecule has 0 rings (SSSR count). The zero-order chi connectivity index (χ0) is 21.8. The molecule has 0 heterocycles. The fourth-order valence-corrected chi connectivity index (χ4v) is 2.48. The third-order valence-corrected chi connectivity index (χ3v) is 3.82. The van der Waals surface area contributed by atoms with Crippen LogP contribution in [-0.2, 0) is 9.47 Å². The van der Waals surface area contributed by atoms with Crippen molar-refractivity contribution in [1.29, 1.82) is 0 Å². The Hall–Kier alpha value is -1.50. The van der Waals surface area contributed by atoms with E-state index in [1.54, 1.807) is 9.80 Å². The largest absolute Gasteiger partial charge is 0.444 e. The van der Waals surface area contributed by atoms with E-state index in [9.17, 15) is 9.59 Å². The zero-order valence-electron chi connectivity index (χ0n) is 19.2. The van der Waals surface area contributed by atoms with Crippen LogP contribution in [0.2, 0.25) is 0 Å². The van der Waals surface area contributed by atoms with Crippen molar-refractivity contribution in [3.8, 4) is 0 Å². The first kappa shape index (κ1) is 26.5. The molecule has 2 N–H and O–H groups in total. The molecule has 0 aromatic heterocycles. The molecule has 7 heteroatoms. The quantitative estimate of drug-likeness (QED) is 0.519. The van der Waals surface area contributed by atoms with Crippen molar-refractivity contribution >= 4 is 12.2 Å². The van der Waals surface area contributed by atoms with Crippen LogP contribution in [0.3, 0.4) is 0 Å². The van der Waals surface area contributed by atoms with Gasteiger partial charge in [-0.05, 0) is 73.8 Å². The highest BCUT2D eigenvalue weighted by atomic mass is 16.6. The maximum atomic E-state index is 12.4. The Kier molecular flexibility index (Phi) is 12.2. The molecule has 7 nitrogen and oxygen atoms in total. The number of rotatable bonds is 11. The number of nitrogens with zero attached hydrogens (tertiary/aromatic N) is 2. The first-order valence-electron chi connectivity index (χ1n) is 10.6. The second-order valence-corrected chi connectivity index (χ2v) is 9.14. The summed E-state index contributed by atoms with van der Waals surface area (Å²) in [5.74, 6) is 0. The summed E-state index contributed by atoms with van der Waals surface area (Å²) in [6, 6.07) is 0. The Balaban J connectivity index is 4.63. The summed E-state index contributed by atoms with van der Waals surface area (Å²) in [5, 5.41) is 0. The smallest absolute Gasteiger partial charge is 0.410 e. The normalized spacial score (nSPS) is 11.9. The first-order valence-corrected chi connectivity index (χ1v) is 10.6. The summed E-state index contributed by atoms with van der Waals surface area (Å²) in [7, 11) is 0. The highest BCUT2D eigenvalue weighted by Crippen LogP contribution is 2.13. The lowest BCUT2D eigenvalue weighted by molar-refractivity contribution is 0.0208. The molecule has 0 aliphatic carbocycles. The van der Waals surface area contributed by atoms with Crippen LogP contribution < -0.4 is 5.73 Å². The summed E-state index contributed by atoms with van der Waals surface area (Å²) >= 11 is 0. The Bertz CT molecular complexity index is 414. The highest BCUT2D eigenvalue weighted by Gasteiger charge is 2.23. The third kappa shape index (κ3) is 13.6. The van der Waals surface area contributed by atoms with Crippen LogP contribution in [-0.4, -0.2) is 65.9 Å². The molecule has 0 atom stereocenters. The molecular formula is C21H43N3O4. The topological polar surface area (TPSA) is 85.1 Å². The van der Waals surface area contributed by atoms with Gasteiger partial charge in [-0.25, -0.2) is 9.59 Å². The Labute approximate surface area is 171 Å². The van der Waals surface area contributed by atoms with Crippen molar-refractivity contribution in [2.75, 3.05) is 32.7 Å². The van der Waals surface area contributed by atoms with Crippen LogP contribution in [0.15, 0.2) is 0 Å². The monoisotopic (exact) mass is 401 g/mol. The average molecular weight is 402 g/mol. The van der Waals surface area contributed by atoms with E-state index in [1.807, 2.05) is 41.5 Å². The lowest BCUT2D eigenvalue weighted by atomic mass is 10.2. The van der Waals surface area contributed by atoms with Gasteiger partial charge in [-0.15, -0.1) is 0 Å². The standard InChI is InChI=1S/C21H43N3O4/c1-8-9-14-23(18(25)27-20(2,3)4)15-10-11-16-24(17-12-13-22)19(26)28-21(5,6)7/h8-17,22H2,1-7H3. The van der Waals surface area contributed by atoms with Gasteiger partial charge in [-0.3, -0.25) is 0 Å². The molecule has 0 spiro atoms. The van der Waals surface area contributed by atoms with Crippen molar-refractivity contribution in [2.45, 2.75) is 91.8 Å². The molecule has 0 aromatic carbocycles. The SMILES string of the molecule is CCCCN(CCCCN(CCCN)C(=O)OC(C)(C)C)C(=O)OC(C)(C)C. The van der Waals surface area contributed by atoms with Crippen molar-refractivity contribution in [3.63, 3.8) is 0 Å². The van der Waals surface area contributed by atoms with Gasteiger partial charge in [-0.2, -0.15) is 0 Å². The Morgan fingerprint density at radius 2 is 1.07 bits per heavy atom. The summed E-state index contributed by atoms with van der Waals surface area (Å²) in [6.45, 7) is 16.3. The predicted octanol–water partition coefficient (Wildman–Crippen LogP) is 4.39. The number of carbonyl (C=O) groups excluding carboxylic acids is 2. The minimum absolute atomic E-state index is 0.270. The van der Waals surface area contributed by atoms with Crippen LogP contribution in [0.25, 0.3) is 0 Å². The molecule has 0 saturated carbocycles. The van der Waals surface area contributed by atoms with Crippen LogP contribution in [0, 0.1) is 0 Å². The first-order chi connectivity index (χ1) is 12.9. The van der Waals surface area contributed by atoms with E-state index in [4.69, 9.17) is 15.2 Å². The lowest BCUT2D eigenvalue weighted by Crippen LogP contribution is -2.40. The van der Waals surface area contributed by atoms with Crippen molar-refractivity contribution < 1.29 is 19.1 Å². The van der Waals surface area contributed by atoms with Gasteiger partial charge in [0.15, 0.2) is 0 Å². The summed E-state index contributed by atoms with van der Waals surface area (Å²) in [6.07, 6.45) is 3.70. The molecule has 0 unspecified atom stereocenters. The van der Waals surface area contributed by atoms with Crippen molar-refractivity contribution in [3.05, 3.63) is 0 Å². The van der Waals surface area contributed by atoms with Crippen molar-refractivity contribution in [2.24, 2.45) is 5.73 Å². The van der Waals surface area contributed by atoms with Gasteiger partial charge in [0, 0.05) is 26.2 Å². The summed E-state index contributed by atoms with van der Waals surface area (Å²) < 4.78 is 11.0. The van der Waals surface area contributed by atoms with Gasteiger partial charge in [0.2, 0.25) is 0 Å². The molecular weight excluding hydrogens is 358 g/mol. The number of carbonyl (C=O) groups is 2. The second kappa shape index (κ2) is 12.9. The van der Waals surface area contributed by atoms with E-state index in [0.717, 1.165) is 32.1 Å². The molecule has 0 aromatic rings. The molecule has 0 aliphatic heterocycles. The van der Waals surface area contributed by atoms with E-state index >= 15 is 0 Å². The number of nitrogens with two attached hydrogens (primary N) is 1. The van der Waals surface area contributed by atoms with Gasteiger partial charge in [-0.1, -0.05) is 13.3 Å². The van der Waals surface area contributed by atoms with Gasteiger partial charge in [0.25, 0.3) is 0 Å². The van der Waals surface area contributed by atoms with E-state index in [-0.39, 0.29) is 12.2 Å². The molecule has 0 bridgehead atoms. The van der Waals surface area contributed by atoms with Gasteiger partial charge in [0.05, 0.1) is 0 Å². The highest BCUT2D eigenvalue weighted by molar-refractivity contribution is 5.68. The fourth-order valence-electron chi connectivity index (χ4n) is 2.48. The Morgan fingerprint density at radius 1 is 0.714 bits per heavy atom. The fraction of sp³-hybridized carbons (Fsp3) is 0.905. The van der Waals surface area contributed by atoms with Crippen LogP contribution >= 0.6 is 0 Å².